The molecule has 1 aliphatic carbocycles. The fraction of sp³-hybridized carbons (Fsp3) is 1.00. The Kier molecular flexibility index (Phi) is 1.53. The first-order valence-electron chi connectivity index (χ1n) is 4.32. The summed E-state index contributed by atoms with van der Waals surface area (Å²) in [5.74, 6) is 1.54. The summed E-state index contributed by atoms with van der Waals surface area (Å²) in [4.78, 5) is 0. The maximum absolute atomic E-state index is 5.84. The highest BCUT2D eigenvalue weighted by atomic mass is 35.5. The molecule has 2 aliphatic rings. The van der Waals surface area contributed by atoms with E-state index in [9.17, 15) is 0 Å². The molecule has 1 heterocycles. The van der Waals surface area contributed by atoms with Crippen LogP contribution in [0.1, 0.15) is 26.7 Å². The minimum Gasteiger partial charge on any atom is -0.375 e. The highest BCUT2D eigenvalue weighted by molar-refractivity contribution is 6.18. The van der Waals surface area contributed by atoms with E-state index in [2.05, 4.69) is 13.8 Å². The van der Waals surface area contributed by atoms with E-state index in [0.717, 1.165) is 18.4 Å². The lowest BCUT2D eigenvalue weighted by atomic mass is 9.85. The standard InChI is InChI=1S/C9H15ClO/c1-8(2)9(3-4-11-8)5-7(9)6-10/h7H,3-6H2,1-2H3. The van der Waals surface area contributed by atoms with Gasteiger partial charge in [-0.15, -0.1) is 11.6 Å². The van der Waals surface area contributed by atoms with Crippen LogP contribution in [0.15, 0.2) is 0 Å². The molecule has 1 nitrogen and oxygen atoms in total. The van der Waals surface area contributed by atoms with Crippen LogP contribution in [0, 0.1) is 11.3 Å². The van der Waals surface area contributed by atoms with E-state index in [1.165, 1.54) is 12.8 Å². The molecule has 11 heavy (non-hydrogen) atoms. The smallest absolute Gasteiger partial charge is 0.0686 e. The number of hydrogen-bond acceptors (Lipinski definition) is 1. The van der Waals surface area contributed by atoms with E-state index in [0.29, 0.717) is 5.41 Å². The van der Waals surface area contributed by atoms with Crippen molar-refractivity contribution in [3.8, 4) is 0 Å². The Hall–Kier alpha value is 0.250. The summed E-state index contributed by atoms with van der Waals surface area (Å²) in [5.41, 5.74) is 0.543. The molecular formula is C9H15ClO. The zero-order valence-electron chi connectivity index (χ0n) is 7.19. The maximum Gasteiger partial charge on any atom is 0.0686 e. The van der Waals surface area contributed by atoms with Gasteiger partial charge in [0.25, 0.3) is 0 Å². The zero-order chi connectivity index (χ0) is 8.11. The Morgan fingerprint density at radius 1 is 1.55 bits per heavy atom. The molecule has 0 amide bonds. The molecule has 0 bridgehead atoms. The monoisotopic (exact) mass is 174 g/mol. The fourth-order valence-corrected chi connectivity index (χ4v) is 2.96. The van der Waals surface area contributed by atoms with Crippen molar-refractivity contribution in [2.75, 3.05) is 12.5 Å². The van der Waals surface area contributed by atoms with Crippen molar-refractivity contribution in [2.24, 2.45) is 11.3 Å². The van der Waals surface area contributed by atoms with Gasteiger partial charge >= 0.3 is 0 Å². The Labute approximate surface area is 73.1 Å². The van der Waals surface area contributed by atoms with Crippen LogP contribution in [0.25, 0.3) is 0 Å². The first kappa shape index (κ1) is 7.88. The third-order valence-electron chi connectivity index (χ3n) is 3.63. The molecule has 0 aromatic heterocycles. The highest BCUT2D eigenvalue weighted by Crippen LogP contribution is 2.66. The molecule has 2 atom stereocenters. The maximum atomic E-state index is 5.84. The minimum atomic E-state index is 0.0898. The highest BCUT2D eigenvalue weighted by Gasteiger charge is 2.65. The summed E-state index contributed by atoms with van der Waals surface area (Å²) in [6, 6.07) is 0. The molecule has 1 aliphatic heterocycles. The van der Waals surface area contributed by atoms with Gasteiger partial charge in [0.1, 0.15) is 0 Å². The second-order valence-corrected chi connectivity index (χ2v) is 4.63. The van der Waals surface area contributed by atoms with Crippen molar-refractivity contribution in [1.29, 1.82) is 0 Å². The second-order valence-electron chi connectivity index (χ2n) is 4.32. The third-order valence-corrected chi connectivity index (χ3v) is 4.00. The van der Waals surface area contributed by atoms with Crippen LogP contribution in [0.5, 0.6) is 0 Å². The molecule has 1 saturated carbocycles. The van der Waals surface area contributed by atoms with Crippen LogP contribution in [0.4, 0.5) is 0 Å². The summed E-state index contributed by atoms with van der Waals surface area (Å²) in [6.07, 6.45) is 2.50. The molecule has 2 fully saturated rings. The number of hydrogen-bond donors (Lipinski definition) is 0. The summed E-state index contributed by atoms with van der Waals surface area (Å²) in [7, 11) is 0. The van der Waals surface area contributed by atoms with E-state index < -0.39 is 0 Å². The summed E-state index contributed by atoms with van der Waals surface area (Å²) in [5, 5.41) is 0. The molecular weight excluding hydrogens is 160 g/mol. The SMILES string of the molecule is CC1(C)OCCC12CC2CCl. The van der Waals surface area contributed by atoms with Gasteiger partial charge in [-0.2, -0.15) is 0 Å². The molecule has 64 valence electrons. The molecule has 0 radical (unpaired) electrons. The van der Waals surface area contributed by atoms with Gasteiger partial charge in [-0.3, -0.25) is 0 Å². The second kappa shape index (κ2) is 2.14. The van der Waals surface area contributed by atoms with Crippen LogP contribution in [-0.2, 0) is 4.74 Å². The van der Waals surface area contributed by atoms with E-state index in [-0.39, 0.29) is 5.60 Å². The summed E-state index contributed by atoms with van der Waals surface area (Å²) >= 11 is 5.84. The van der Waals surface area contributed by atoms with Crippen LogP contribution in [-0.4, -0.2) is 18.1 Å². The molecule has 0 aromatic carbocycles. The van der Waals surface area contributed by atoms with Crippen LogP contribution < -0.4 is 0 Å². The quantitative estimate of drug-likeness (QED) is 0.555. The van der Waals surface area contributed by atoms with Gasteiger partial charge in [-0.1, -0.05) is 0 Å². The number of alkyl halides is 1. The number of halogens is 1. The van der Waals surface area contributed by atoms with Gasteiger partial charge < -0.3 is 4.74 Å². The normalized spacial score (nSPS) is 46.6. The van der Waals surface area contributed by atoms with Gasteiger partial charge in [0.15, 0.2) is 0 Å². The zero-order valence-corrected chi connectivity index (χ0v) is 7.95. The van der Waals surface area contributed by atoms with Crippen molar-refractivity contribution in [2.45, 2.75) is 32.3 Å². The predicted octanol–water partition coefficient (Wildman–Crippen LogP) is 2.43. The number of rotatable bonds is 1. The lowest BCUT2D eigenvalue weighted by molar-refractivity contribution is -0.000545. The summed E-state index contributed by atoms with van der Waals surface area (Å²) in [6.45, 7) is 5.33. The van der Waals surface area contributed by atoms with E-state index >= 15 is 0 Å². The average Bonchev–Trinajstić information content (AvgIpc) is 2.56. The molecule has 2 rings (SSSR count). The van der Waals surface area contributed by atoms with Crippen molar-refractivity contribution < 1.29 is 4.74 Å². The van der Waals surface area contributed by atoms with Gasteiger partial charge in [-0.25, -0.2) is 0 Å². The largest absolute Gasteiger partial charge is 0.375 e. The van der Waals surface area contributed by atoms with Gasteiger partial charge in [0.2, 0.25) is 0 Å². The first-order chi connectivity index (χ1) is 5.12. The average molecular weight is 175 g/mol. The summed E-state index contributed by atoms with van der Waals surface area (Å²) < 4.78 is 5.69. The Morgan fingerprint density at radius 3 is 2.64 bits per heavy atom. The molecule has 1 spiro atoms. The van der Waals surface area contributed by atoms with Crippen LogP contribution >= 0.6 is 11.6 Å². The van der Waals surface area contributed by atoms with E-state index in [4.69, 9.17) is 16.3 Å². The van der Waals surface area contributed by atoms with Crippen molar-refractivity contribution >= 4 is 11.6 Å². The van der Waals surface area contributed by atoms with Crippen molar-refractivity contribution in [1.82, 2.24) is 0 Å². The van der Waals surface area contributed by atoms with Crippen molar-refractivity contribution in [3.05, 3.63) is 0 Å². The molecule has 2 unspecified atom stereocenters. The van der Waals surface area contributed by atoms with Crippen LogP contribution in [0.3, 0.4) is 0 Å². The topological polar surface area (TPSA) is 9.23 Å². The molecule has 0 N–H and O–H groups in total. The minimum absolute atomic E-state index is 0.0898. The molecule has 0 aromatic rings. The van der Waals surface area contributed by atoms with Crippen LogP contribution in [0.2, 0.25) is 0 Å². The third kappa shape index (κ3) is 0.874. The Bertz CT molecular complexity index is 178. The van der Waals surface area contributed by atoms with Gasteiger partial charge in [0.05, 0.1) is 5.60 Å². The fourth-order valence-electron chi connectivity index (χ4n) is 2.56. The Morgan fingerprint density at radius 2 is 2.27 bits per heavy atom. The predicted molar refractivity (Wildman–Crippen MR) is 45.9 cm³/mol. The van der Waals surface area contributed by atoms with Crippen molar-refractivity contribution in [3.63, 3.8) is 0 Å². The van der Waals surface area contributed by atoms with Gasteiger partial charge in [-0.05, 0) is 32.6 Å². The number of ether oxygens (including phenoxy) is 1. The van der Waals surface area contributed by atoms with E-state index in [1.807, 2.05) is 0 Å². The lowest BCUT2D eigenvalue weighted by Crippen LogP contribution is -2.30. The Balaban J connectivity index is 2.15. The first-order valence-corrected chi connectivity index (χ1v) is 4.86. The lowest BCUT2D eigenvalue weighted by Gasteiger charge is -2.26. The molecule has 2 heteroatoms. The van der Waals surface area contributed by atoms with Gasteiger partial charge in [0, 0.05) is 17.9 Å². The van der Waals surface area contributed by atoms with E-state index in [1.54, 1.807) is 0 Å². The molecule has 1 saturated heterocycles.